The van der Waals surface area contributed by atoms with E-state index in [2.05, 4.69) is 21.5 Å². The second kappa shape index (κ2) is 5.96. The van der Waals surface area contributed by atoms with Crippen LogP contribution in [0.2, 0.25) is 0 Å². The normalized spacial score (nSPS) is 19.4. The zero-order chi connectivity index (χ0) is 16.5. The van der Waals surface area contributed by atoms with Crippen molar-refractivity contribution in [3.8, 4) is 5.75 Å². The van der Waals surface area contributed by atoms with Crippen LogP contribution in [0, 0.1) is 5.82 Å². The van der Waals surface area contributed by atoms with Gasteiger partial charge in [0, 0.05) is 0 Å². The number of nitrogens with one attached hydrogen (secondary N) is 1. The molecule has 0 radical (unpaired) electrons. The molecule has 0 aliphatic carbocycles. The van der Waals surface area contributed by atoms with Crippen molar-refractivity contribution in [1.82, 2.24) is 14.8 Å². The molecule has 1 N–H and O–H groups in total. The average Bonchev–Trinajstić information content (AvgIpc) is 3.09. The molecule has 0 unspecified atom stereocenters. The fourth-order valence-electron chi connectivity index (χ4n) is 3.19. The average molecular weight is 324 g/mol. The second-order valence-electron chi connectivity index (χ2n) is 5.81. The number of anilines is 1. The lowest BCUT2D eigenvalue weighted by molar-refractivity contribution is 0.409. The lowest BCUT2D eigenvalue weighted by Crippen LogP contribution is -2.28. The highest BCUT2D eigenvalue weighted by Crippen LogP contribution is 2.38. The predicted molar refractivity (Wildman–Crippen MR) is 88.5 cm³/mol. The number of halogens is 1. The highest BCUT2D eigenvalue weighted by Gasteiger charge is 2.30. The Morgan fingerprint density at radius 3 is 2.83 bits per heavy atom. The molecule has 4 rings (SSSR count). The minimum atomic E-state index is -0.245. The lowest BCUT2D eigenvalue weighted by atomic mass is 9.93. The Morgan fingerprint density at radius 2 is 2.00 bits per heavy atom. The molecular formula is C18H17FN4O. The van der Waals surface area contributed by atoms with Crippen molar-refractivity contribution in [1.29, 1.82) is 0 Å². The molecule has 1 aliphatic heterocycles. The number of methoxy groups -OCH3 is 1. The van der Waals surface area contributed by atoms with E-state index in [9.17, 15) is 4.39 Å². The Hall–Kier alpha value is -2.89. The van der Waals surface area contributed by atoms with Crippen LogP contribution in [0.15, 0.2) is 54.9 Å². The summed E-state index contributed by atoms with van der Waals surface area (Å²) in [7, 11) is 1.65. The van der Waals surface area contributed by atoms with Gasteiger partial charge in [0.15, 0.2) is 0 Å². The van der Waals surface area contributed by atoms with Gasteiger partial charge in [0.25, 0.3) is 0 Å². The standard InChI is InChI=1S/C18H17FN4O/c1-24-15-7-3-4-12(9-15)16-10-17(13-5-2-6-14(19)8-13)23-18(22-16)20-11-21-23/h2-9,11,16-17H,10H2,1H3,(H,20,21,22)/t16-,17-/m0/s1. The predicted octanol–water partition coefficient (Wildman–Crippen LogP) is 3.57. The molecule has 3 aromatic rings. The first-order valence-corrected chi connectivity index (χ1v) is 7.80. The Balaban J connectivity index is 1.73. The summed E-state index contributed by atoms with van der Waals surface area (Å²) in [5.41, 5.74) is 1.99. The van der Waals surface area contributed by atoms with E-state index in [4.69, 9.17) is 4.74 Å². The van der Waals surface area contributed by atoms with Crippen molar-refractivity contribution in [2.45, 2.75) is 18.5 Å². The van der Waals surface area contributed by atoms with Crippen molar-refractivity contribution in [3.05, 3.63) is 71.8 Å². The summed E-state index contributed by atoms with van der Waals surface area (Å²) >= 11 is 0. The molecule has 2 aromatic carbocycles. The molecular weight excluding hydrogens is 307 g/mol. The van der Waals surface area contributed by atoms with Gasteiger partial charge in [0.1, 0.15) is 17.9 Å². The topological polar surface area (TPSA) is 52.0 Å². The van der Waals surface area contributed by atoms with Gasteiger partial charge in [-0.15, -0.1) is 0 Å². The Morgan fingerprint density at radius 1 is 1.17 bits per heavy atom. The maximum absolute atomic E-state index is 13.7. The van der Waals surface area contributed by atoms with Crippen LogP contribution in [-0.4, -0.2) is 21.9 Å². The third-order valence-electron chi connectivity index (χ3n) is 4.36. The molecule has 0 amide bonds. The van der Waals surface area contributed by atoms with Crippen LogP contribution < -0.4 is 10.1 Å². The Labute approximate surface area is 139 Å². The van der Waals surface area contributed by atoms with Crippen LogP contribution in [0.25, 0.3) is 0 Å². The molecule has 0 saturated carbocycles. The molecule has 2 atom stereocenters. The molecule has 5 nitrogen and oxygen atoms in total. The largest absolute Gasteiger partial charge is 0.497 e. The van der Waals surface area contributed by atoms with Crippen LogP contribution >= 0.6 is 0 Å². The van der Waals surface area contributed by atoms with E-state index in [1.54, 1.807) is 19.2 Å². The molecule has 0 bridgehead atoms. The maximum atomic E-state index is 13.7. The molecule has 1 aliphatic rings. The first-order chi connectivity index (χ1) is 11.7. The summed E-state index contributed by atoms with van der Waals surface area (Å²) in [6, 6.07) is 14.6. The minimum Gasteiger partial charge on any atom is -0.497 e. The summed E-state index contributed by atoms with van der Waals surface area (Å²) in [4.78, 5) is 4.29. The summed E-state index contributed by atoms with van der Waals surface area (Å²) in [5.74, 6) is 1.25. The Kier molecular flexibility index (Phi) is 3.65. The van der Waals surface area contributed by atoms with Gasteiger partial charge < -0.3 is 10.1 Å². The van der Waals surface area contributed by atoms with E-state index >= 15 is 0 Å². The van der Waals surface area contributed by atoms with Gasteiger partial charge in [-0.3, -0.25) is 0 Å². The number of rotatable bonds is 3. The van der Waals surface area contributed by atoms with Crippen LogP contribution in [0.5, 0.6) is 5.75 Å². The van der Waals surface area contributed by atoms with Crippen molar-refractivity contribution >= 4 is 5.95 Å². The van der Waals surface area contributed by atoms with Gasteiger partial charge in [-0.25, -0.2) is 9.07 Å². The fraction of sp³-hybridized carbons (Fsp3) is 0.222. The number of nitrogens with zero attached hydrogens (tertiary/aromatic N) is 3. The zero-order valence-corrected chi connectivity index (χ0v) is 13.2. The highest BCUT2D eigenvalue weighted by atomic mass is 19.1. The molecule has 0 spiro atoms. The summed E-state index contributed by atoms with van der Waals surface area (Å²) < 4.78 is 20.8. The first kappa shape index (κ1) is 14.7. The van der Waals surface area contributed by atoms with E-state index in [0.717, 1.165) is 23.3 Å². The summed E-state index contributed by atoms with van der Waals surface area (Å²) in [6.07, 6.45) is 2.26. The van der Waals surface area contributed by atoms with Gasteiger partial charge in [0.05, 0.1) is 19.2 Å². The number of ether oxygens (including phenoxy) is 1. The van der Waals surface area contributed by atoms with E-state index in [1.165, 1.54) is 12.4 Å². The van der Waals surface area contributed by atoms with Gasteiger partial charge in [0.2, 0.25) is 5.95 Å². The SMILES string of the molecule is COc1cccc([C@@H]2C[C@@H](c3cccc(F)c3)n3ncnc3N2)c1. The third-order valence-corrected chi connectivity index (χ3v) is 4.36. The summed E-state index contributed by atoms with van der Waals surface area (Å²) in [5, 5.41) is 7.70. The van der Waals surface area contributed by atoms with E-state index in [1.807, 2.05) is 28.9 Å². The molecule has 0 fully saturated rings. The zero-order valence-electron chi connectivity index (χ0n) is 13.2. The number of hydrogen-bond donors (Lipinski definition) is 1. The van der Waals surface area contributed by atoms with Gasteiger partial charge >= 0.3 is 0 Å². The van der Waals surface area contributed by atoms with Crippen LogP contribution in [0.3, 0.4) is 0 Å². The summed E-state index contributed by atoms with van der Waals surface area (Å²) in [6.45, 7) is 0. The van der Waals surface area contributed by atoms with Crippen molar-refractivity contribution in [2.75, 3.05) is 12.4 Å². The van der Waals surface area contributed by atoms with Crippen LogP contribution in [0.4, 0.5) is 10.3 Å². The number of aromatic nitrogens is 3. The maximum Gasteiger partial charge on any atom is 0.222 e. The first-order valence-electron chi connectivity index (χ1n) is 7.80. The molecule has 24 heavy (non-hydrogen) atoms. The number of hydrogen-bond acceptors (Lipinski definition) is 4. The van der Waals surface area contributed by atoms with Gasteiger partial charge in [-0.1, -0.05) is 24.3 Å². The molecule has 1 aromatic heterocycles. The Bertz CT molecular complexity index is 863. The molecule has 2 heterocycles. The quantitative estimate of drug-likeness (QED) is 0.800. The molecule has 122 valence electrons. The van der Waals surface area contributed by atoms with Gasteiger partial charge in [-0.2, -0.15) is 10.1 Å². The highest BCUT2D eigenvalue weighted by molar-refractivity contribution is 5.40. The second-order valence-corrected chi connectivity index (χ2v) is 5.81. The van der Waals surface area contributed by atoms with E-state index in [0.29, 0.717) is 5.95 Å². The van der Waals surface area contributed by atoms with Crippen molar-refractivity contribution in [3.63, 3.8) is 0 Å². The lowest BCUT2D eigenvalue weighted by Gasteiger charge is -2.32. The minimum absolute atomic E-state index is 0.0464. The van der Waals surface area contributed by atoms with Crippen LogP contribution in [-0.2, 0) is 0 Å². The van der Waals surface area contributed by atoms with E-state index in [-0.39, 0.29) is 17.9 Å². The monoisotopic (exact) mass is 324 g/mol. The number of fused-ring (bicyclic) bond motifs is 1. The van der Waals surface area contributed by atoms with Crippen molar-refractivity contribution < 1.29 is 9.13 Å². The van der Waals surface area contributed by atoms with Crippen molar-refractivity contribution in [2.24, 2.45) is 0 Å². The molecule has 6 heteroatoms. The van der Waals surface area contributed by atoms with E-state index < -0.39 is 0 Å². The smallest absolute Gasteiger partial charge is 0.222 e. The van der Waals surface area contributed by atoms with Crippen LogP contribution in [0.1, 0.15) is 29.6 Å². The fourth-order valence-corrected chi connectivity index (χ4v) is 3.19. The van der Waals surface area contributed by atoms with Gasteiger partial charge in [-0.05, 0) is 41.8 Å². The number of benzene rings is 2. The molecule has 0 saturated heterocycles. The third kappa shape index (κ3) is 2.60.